The van der Waals surface area contributed by atoms with Crippen LogP contribution in [-0.4, -0.2) is 26.0 Å². The number of anilines is 2. The topological polar surface area (TPSA) is 97.2 Å². The minimum absolute atomic E-state index is 0.190. The molecule has 7 nitrogen and oxygen atoms in total. The fourth-order valence-corrected chi connectivity index (χ4v) is 3.28. The van der Waals surface area contributed by atoms with Crippen LogP contribution in [0.3, 0.4) is 0 Å². The normalized spacial score (nSPS) is 10.5. The Hall–Kier alpha value is -4.52. The molecule has 0 radical (unpaired) electrons. The lowest BCUT2D eigenvalue weighted by Gasteiger charge is -2.10. The molecule has 0 bridgehead atoms. The van der Waals surface area contributed by atoms with Gasteiger partial charge in [-0.3, -0.25) is 0 Å². The third-order valence-corrected chi connectivity index (χ3v) is 4.85. The van der Waals surface area contributed by atoms with E-state index in [1.54, 1.807) is 37.3 Å². The van der Waals surface area contributed by atoms with Crippen LogP contribution in [-0.2, 0) is 17.6 Å². The van der Waals surface area contributed by atoms with Crippen molar-refractivity contribution in [1.29, 1.82) is 0 Å². The van der Waals surface area contributed by atoms with Gasteiger partial charge in [0.1, 0.15) is 23.1 Å². The zero-order valence-corrected chi connectivity index (χ0v) is 18.7. The Labute approximate surface area is 197 Å². The van der Waals surface area contributed by atoms with E-state index < -0.39 is 5.97 Å². The van der Waals surface area contributed by atoms with Crippen molar-refractivity contribution in [2.75, 3.05) is 5.32 Å². The summed E-state index contributed by atoms with van der Waals surface area (Å²) in [4.78, 5) is 25.7. The van der Waals surface area contributed by atoms with Gasteiger partial charge >= 0.3 is 5.97 Å². The summed E-state index contributed by atoms with van der Waals surface area (Å²) in [5.41, 5.74) is 2.96. The number of nitrogens with one attached hydrogen (secondary N) is 1. The quantitative estimate of drug-likeness (QED) is 0.221. The molecule has 0 aliphatic carbocycles. The summed E-state index contributed by atoms with van der Waals surface area (Å²) in [6.07, 6.45) is 0.848. The first-order valence-corrected chi connectivity index (χ1v) is 10.7. The Bertz CT molecular complexity index is 1320. The number of benzene rings is 3. The van der Waals surface area contributed by atoms with E-state index in [-0.39, 0.29) is 5.75 Å². The molecule has 0 fully saturated rings. The Morgan fingerprint density at radius 1 is 0.882 bits per heavy atom. The maximum Gasteiger partial charge on any atom is 0.338 e. The zero-order valence-electron chi connectivity index (χ0n) is 18.7. The van der Waals surface area contributed by atoms with Crippen LogP contribution in [0, 0.1) is 0 Å². The number of hydrogen-bond donors (Lipinski definition) is 2. The SMILES string of the molecule is C=C(C)C(=O)Oc1cccc(Cc2nc(Cc3cccc(O)c3)nc(Nc3ccccc3)n2)c1. The molecular formula is C27H24N4O3. The van der Waals surface area contributed by atoms with Crippen molar-refractivity contribution < 1.29 is 14.6 Å². The van der Waals surface area contributed by atoms with Crippen LogP contribution in [0.2, 0.25) is 0 Å². The molecule has 0 amide bonds. The highest BCUT2D eigenvalue weighted by molar-refractivity contribution is 5.88. The first kappa shape index (κ1) is 22.7. The standard InChI is InChI=1S/C27H24N4O3/c1-18(2)26(33)34-23-13-7-9-20(15-23)17-25-29-24(16-19-8-6-12-22(32)14-19)30-27(31-25)28-21-10-4-3-5-11-21/h3-15,32H,1,16-17H2,2H3,(H,28,29,30,31). The van der Waals surface area contributed by atoms with Crippen molar-refractivity contribution in [3.05, 3.63) is 114 Å². The van der Waals surface area contributed by atoms with Gasteiger partial charge in [0, 0.05) is 24.1 Å². The predicted octanol–water partition coefficient (Wildman–Crippen LogP) is 4.98. The second kappa shape index (κ2) is 10.4. The highest BCUT2D eigenvalue weighted by atomic mass is 16.5. The van der Waals surface area contributed by atoms with Gasteiger partial charge in [0.15, 0.2) is 0 Å². The number of phenolic OH excluding ortho intramolecular Hbond substituents is 1. The summed E-state index contributed by atoms with van der Waals surface area (Å²) >= 11 is 0. The van der Waals surface area contributed by atoms with E-state index in [0.29, 0.717) is 41.8 Å². The molecule has 0 aliphatic heterocycles. The first-order chi connectivity index (χ1) is 16.4. The summed E-state index contributed by atoms with van der Waals surface area (Å²) in [6, 6.07) is 23.9. The van der Waals surface area contributed by atoms with Gasteiger partial charge in [0.25, 0.3) is 0 Å². The van der Waals surface area contributed by atoms with Gasteiger partial charge in [-0.05, 0) is 54.4 Å². The molecule has 7 heteroatoms. The molecule has 3 aromatic carbocycles. The lowest BCUT2D eigenvalue weighted by Crippen LogP contribution is -2.10. The van der Waals surface area contributed by atoms with Crippen molar-refractivity contribution in [3.8, 4) is 11.5 Å². The molecule has 0 aliphatic rings. The van der Waals surface area contributed by atoms with E-state index in [4.69, 9.17) is 4.74 Å². The van der Waals surface area contributed by atoms with Crippen LogP contribution in [0.4, 0.5) is 11.6 Å². The smallest absolute Gasteiger partial charge is 0.338 e. The minimum atomic E-state index is -0.472. The van der Waals surface area contributed by atoms with Gasteiger partial charge in [-0.1, -0.05) is 49.0 Å². The third-order valence-electron chi connectivity index (χ3n) is 4.85. The fraction of sp³-hybridized carbons (Fsp3) is 0.111. The Kier molecular flexibility index (Phi) is 6.93. The first-order valence-electron chi connectivity index (χ1n) is 10.7. The molecule has 2 N–H and O–H groups in total. The average Bonchev–Trinajstić information content (AvgIpc) is 2.80. The summed E-state index contributed by atoms with van der Waals surface area (Å²) in [7, 11) is 0. The van der Waals surface area contributed by atoms with Crippen LogP contribution in [0.5, 0.6) is 11.5 Å². The monoisotopic (exact) mass is 452 g/mol. The predicted molar refractivity (Wildman–Crippen MR) is 130 cm³/mol. The number of esters is 1. The van der Waals surface area contributed by atoms with Gasteiger partial charge in [-0.2, -0.15) is 9.97 Å². The number of carbonyl (C=O) groups excluding carboxylic acids is 1. The van der Waals surface area contributed by atoms with E-state index >= 15 is 0 Å². The molecule has 4 aromatic rings. The Balaban J connectivity index is 1.62. The Morgan fingerprint density at radius 2 is 1.53 bits per heavy atom. The van der Waals surface area contributed by atoms with E-state index in [9.17, 15) is 9.90 Å². The van der Waals surface area contributed by atoms with E-state index in [1.165, 1.54) is 0 Å². The number of carbonyl (C=O) groups is 1. The third kappa shape index (κ3) is 6.26. The minimum Gasteiger partial charge on any atom is -0.508 e. The van der Waals surface area contributed by atoms with Crippen LogP contribution in [0.25, 0.3) is 0 Å². The van der Waals surface area contributed by atoms with Gasteiger partial charge in [0.05, 0.1) is 0 Å². The van der Waals surface area contributed by atoms with Gasteiger partial charge in [0.2, 0.25) is 5.95 Å². The second-order valence-corrected chi connectivity index (χ2v) is 7.82. The molecule has 0 spiro atoms. The number of ether oxygens (including phenoxy) is 1. The molecular weight excluding hydrogens is 428 g/mol. The number of hydrogen-bond acceptors (Lipinski definition) is 7. The number of rotatable bonds is 8. The largest absolute Gasteiger partial charge is 0.508 e. The van der Waals surface area contributed by atoms with Gasteiger partial charge in [-0.25, -0.2) is 9.78 Å². The number of para-hydroxylation sites is 1. The molecule has 34 heavy (non-hydrogen) atoms. The van der Waals surface area contributed by atoms with Crippen LogP contribution >= 0.6 is 0 Å². The summed E-state index contributed by atoms with van der Waals surface area (Å²) in [5.74, 6) is 1.71. The van der Waals surface area contributed by atoms with Crippen LogP contribution < -0.4 is 10.1 Å². The number of phenols is 1. The van der Waals surface area contributed by atoms with E-state index in [1.807, 2.05) is 48.5 Å². The van der Waals surface area contributed by atoms with Crippen LogP contribution in [0.1, 0.15) is 29.7 Å². The number of aromatic hydroxyl groups is 1. The van der Waals surface area contributed by atoms with Crippen LogP contribution in [0.15, 0.2) is 91.0 Å². The summed E-state index contributed by atoms with van der Waals surface area (Å²) in [6.45, 7) is 5.21. The zero-order chi connectivity index (χ0) is 23.9. The maximum atomic E-state index is 11.9. The molecule has 170 valence electrons. The van der Waals surface area contributed by atoms with Gasteiger partial charge < -0.3 is 15.2 Å². The van der Waals surface area contributed by atoms with Crippen molar-refractivity contribution in [2.24, 2.45) is 0 Å². The Morgan fingerprint density at radius 3 is 2.18 bits per heavy atom. The number of nitrogens with zero attached hydrogens (tertiary/aromatic N) is 3. The summed E-state index contributed by atoms with van der Waals surface area (Å²) < 4.78 is 5.34. The van der Waals surface area contributed by atoms with Gasteiger partial charge in [-0.15, -0.1) is 0 Å². The lowest BCUT2D eigenvalue weighted by molar-refractivity contribution is -0.130. The average molecular weight is 453 g/mol. The maximum absolute atomic E-state index is 11.9. The van der Waals surface area contributed by atoms with Crippen molar-refractivity contribution >= 4 is 17.6 Å². The van der Waals surface area contributed by atoms with Crippen molar-refractivity contribution in [2.45, 2.75) is 19.8 Å². The van der Waals surface area contributed by atoms with E-state index in [0.717, 1.165) is 16.8 Å². The molecule has 0 saturated heterocycles. The molecule has 4 rings (SSSR count). The molecule has 0 atom stereocenters. The van der Waals surface area contributed by atoms with E-state index in [2.05, 4.69) is 26.8 Å². The molecule has 1 heterocycles. The fourth-order valence-electron chi connectivity index (χ4n) is 3.28. The molecule has 0 saturated carbocycles. The lowest BCUT2D eigenvalue weighted by atomic mass is 10.1. The van der Waals surface area contributed by atoms with Crippen molar-refractivity contribution in [1.82, 2.24) is 15.0 Å². The molecule has 0 unspecified atom stereocenters. The highest BCUT2D eigenvalue weighted by Gasteiger charge is 2.11. The second-order valence-electron chi connectivity index (χ2n) is 7.82. The summed E-state index contributed by atoms with van der Waals surface area (Å²) in [5, 5.41) is 13.0. The number of aromatic nitrogens is 3. The van der Waals surface area contributed by atoms with Crippen molar-refractivity contribution in [3.63, 3.8) is 0 Å². The highest BCUT2D eigenvalue weighted by Crippen LogP contribution is 2.19. The molecule has 1 aromatic heterocycles.